The molecule has 1 aromatic rings. The standard InChI is InChI=1S/C20H21BrF3N3O3S3/c1-12-13(2)32-18(31-11-5-3-4-10-20(22,23)24)16-17(25-19(28)27(12)16)26-33(29,30)15-8-6-14(21)7-9-15/h6-9H,3-5,10-11H2,1-2H3,(H,25,26,28). The second-order valence-corrected chi connectivity index (χ2v) is 12.5. The lowest BCUT2D eigenvalue weighted by Crippen LogP contribution is -2.17. The van der Waals surface area contributed by atoms with Crippen LogP contribution in [0.15, 0.2) is 42.6 Å². The minimum absolute atomic E-state index is 0.0191. The van der Waals surface area contributed by atoms with Crippen LogP contribution in [0.5, 0.6) is 0 Å². The number of aryl methyl sites for hydroxylation is 1. The normalized spacial score (nSPS) is 12.4. The van der Waals surface area contributed by atoms with Crippen molar-refractivity contribution in [3.8, 4) is 5.69 Å². The molecule has 0 aliphatic carbocycles. The number of rotatable bonds is 9. The van der Waals surface area contributed by atoms with Gasteiger partial charge in [-0.2, -0.15) is 18.2 Å². The van der Waals surface area contributed by atoms with Gasteiger partial charge in [-0.3, -0.25) is 9.29 Å². The number of alkyl halides is 3. The first-order valence-electron chi connectivity index (χ1n) is 9.90. The smallest absolute Gasteiger partial charge is 0.261 e. The Morgan fingerprint density at radius 2 is 1.82 bits per heavy atom. The fraction of sp³-hybridized carbons (Fsp3) is 0.400. The third kappa shape index (κ3) is 6.52. The number of fused-ring (bicyclic) bond motifs is 1. The maximum atomic E-state index is 12.9. The third-order valence-electron chi connectivity index (χ3n) is 4.82. The second kappa shape index (κ2) is 10.4. The highest BCUT2D eigenvalue weighted by Crippen LogP contribution is 2.39. The summed E-state index contributed by atoms with van der Waals surface area (Å²) in [7, 11) is -3.99. The lowest BCUT2D eigenvalue weighted by Gasteiger charge is -2.16. The molecule has 180 valence electrons. The molecule has 0 atom stereocenters. The maximum Gasteiger partial charge on any atom is 0.389 e. The molecule has 13 heteroatoms. The molecule has 2 heterocycles. The van der Waals surface area contributed by atoms with Gasteiger partial charge in [0, 0.05) is 21.5 Å². The van der Waals surface area contributed by atoms with E-state index in [-0.39, 0.29) is 17.1 Å². The Morgan fingerprint density at radius 1 is 1.15 bits per heavy atom. The molecule has 3 rings (SSSR count). The van der Waals surface area contributed by atoms with Crippen LogP contribution in [0.4, 0.5) is 19.0 Å². The number of benzene rings is 1. The van der Waals surface area contributed by atoms with Gasteiger partial charge in [0.2, 0.25) is 0 Å². The number of halogens is 4. The molecule has 0 spiro atoms. The Hall–Kier alpha value is -1.57. The number of thioether (sulfide) groups is 1. The number of nitrogens with zero attached hydrogens (tertiary/aromatic N) is 2. The van der Waals surface area contributed by atoms with Gasteiger partial charge in [-0.25, -0.2) is 13.2 Å². The molecule has 0 unspecified atom stereocenters. The van der Waals surface area contributed by atoms with Gasteiger partial charge in [0.05, 0.1) is 9.10 Å². The summed E-state index contributed by atoms with van der Waals surface area (Å²) in [5, 5.41) is 0. The fourth-order valence-corrected chi connectivity index (χ4v) is 6.85. The number of nitrogens with one attached hydrogen (secondary N) is 1. The number of anilines is 1. The highest BCUT2D eigenvalue weighted by atomic mass is 79.9. The Balaban J connectivity index is 1.86. The molecule has 0 saturated heterocycles. The molecule has 1 N–H and O–H groups in total. The largest absolute Gasteiger partial charge is 0.389 e. The molecule has 0 saturated carbocycles. The molecule has 0 aromatic heterocycles. The van der Waals surface area contributed by atoms with Crippen LogP contribution in [0.25, 0.3) is 5.69 Å². The van der Waals surface area contributed by atoms with Crippen molar-refractivity contribution in [1.29, 1.82) is 0 Å². The van der Waals surface area contributed by atoms with Gasteiger partial charge in [-0.1, -0.05) is 22.4 Å². The quantitative estimate of drug-likeness (QED) is 0.242. The van der Waals surface area contributed by atoms with Gasteiger partial charge in [0.1, 0.15) is 5.69 Å². The minimum atomic E-state index is -4.15. The van der Waals surface area contributed by atoms with Crippen LogP contribution in [0.1, 0.15) is 36.3 Å². The molecule has 33 heavy (non-hydrogen) atoms. The zero-order valence-corrected chi connectivity index (χ0v) is 21.7. The second-order valence-electron chi connectivity index (χ2n) is 7.29. The van der Waals surface area contributed by atoms with Crippen LogP contribution in [0, 0.1) is 13.8 Å². The van der Waals surface area contributed by atoms with Gasteiger partial charge in [0.15, 0.2) is 5.82 Å². The zero-order valence-electron chi connectivity index (χ0n) is 17.7. The molecule has 6 nitrogen and oxygen atoms in total. The van der Waals surface area contributed by atoms with Crippen LogP contribution < -0.4 is 10.4 Å². The van der Waals surface area contributed by atoms with Crippen molar-refractivity contribution in [2.24, 2.45) is 0 Å². The number of sulfonamides is 1. The first kappa shape index (κ1) is 26.0. The van der Waals surface area contributed by atoms with E-state index in [4.69, 9.17) is 0 Å². The Morgan fingerprint density at radius 3 is 2.45 bits per heavy atom. The van der Waals surface area contributed by atoms with E-state index in [1.165, 1.54) is 39.8 Å². The summed E-state index contributed by atoms with van der Waals surface area (Å²) in [6, 6.07) is 6.04. The molecule has 2 aliphatic heterocycles. The number of imidazole rings is 1. The van der Waals surface area contributed by atoms with Crippen LogP contribution in [-0.2, 0) is 10.0 Å². The first-order chi connectivity index (χ1) is 15.4. The summed E-state index contributed by atoms with van der Waals surface area (Å²) in [4.78, 5) is 17.4. The van der Waals surface area contributed by atoms with E-state index in [0.29, 0.717) is 34.2 Å². The number of hydrogen-bond donors (Lipinski definition) is 1. The minimum Gasteiger partial charge on any atom is -0.261 e. The molecular formula is C20H21BrF3N3O3S3. The molecule has 0 amide bonds. The number of hydrogen-bond acceptors (Lipinski definition) is 6. The molecule has 0 bridgehead atoms. The fourth-order valence-electron chi connectivity index (χ4n) is 3.06. The molecular weight excluding hydrogens is 563 g/mol. The number of unbranched alkanes of at least 4 members (excludes halogenated alkanes) is 2. The zero-order chi connectivity index (χ0) is 24.4. The summed E-state index contributed by atoms with van der Waals surface area (Å²) in [6.45, 7) is 3.60. The van der Waals surface area contributed by atoms with E-state index in [1.807, 2.05) is 6.92 Å². The topological polar surface area (TPSA) is 81.1 Å². The van der Waals surface area contributed by atoms with Crippen molar-refractivity contribution >= 4 is 54.9 Å². The third-order valence-corrected chi connectivity index (χ3v) is 9.24. The summed E-state index contributed by atoms with van der Waals surface area (Å²) in [6.07, 6.45) is -3.92. The maximum absolute atomic E-state index is 12.9. The Kier molecular flexibility index (Phi) is 8.18. The summed E-state index contributed by atoms with van der Waals surface area (Å²) in [5.74, 6) is 0.465. The van der Waals surface area contributed by atoms with Crippen molar-refractivity contribution in [1.82, 2.24) is 9.55 Å². The Labute approximate surface area is 206 Å². The average molecular weight is 585 g/mol. The van der Waals surface area contributed by atoms with Crippen LogP contribution in [0.3, 0.4) is 0 Å². The van der Waals surface area contributed by atoms with Crippen molar-refractivity contribution in [2.75, 3.05) is 10.5 Å². The average Bonchev–Trinajstić information content (AvgIpc) is 3.03. The van der Waals surface area contributed by atoms with Gasteiger partial charge >= 0.3 is 11.9 Å². The molecule has 1 aromatic carbocycles. The van der Waals surface area contributed by atoms with Crippen LogP contribution in [0.2, 0.25) is 0 Å². The summed E-state index contributed by atoms with van der Waals surface area (Å²) < 4.78 is 67.9. The highest BCUT2D eigenvalue weighted by Gasteiger charge is 2.27. The van der Waals surface area contributed by atoms with E-state index in [9.17, 15) is 26.4 Å². The Bertz CT molecular complexity index is 1260. The highest BCUT2D eigenvalue weighted by molar-refractivity contribution is 9.10. The SMILES string of the molecule is Cc1sc(SCCCCCC(F)(F)F)c2c(NS(=O)(=O)c3ccc(Br)cc3)nc(=O)n-2c1C. The monoisotopic (exact) mass is 583 g/mol. The van der Waals surface area contributed by atoms with E-state index >= 15 is 0 Å². The van der Waals surface area contributed by atoms with E-state index in [2.05, 4.69) is 25.6 Å². The summed E-state index contributed by atoms with van der Waals surface area (Å²) in [5.41, 5.74) is 0.407. The van der Waals surface area contributed by atoms with Crippen molar-refractivity contribution in [3.05, 3.63) is 49.8 Å². The molecule has 2 aliphatic rings. The van der Waals surface area contributed by atoms with Gasteiger partial charge in [-0.05, 0) is 56.7 Å². The van der Waals surface area contributed by atoms with Crippen molar-refractivity contribution in [3.63, 3.8) is 0 Å². The number of aromatic nitrogens is 2. The lowest BCUT2D eigenvalue weighted by molar-refractivity contribution is -0.135. The van der Waals surface area contributed by atoms with E-state index < -0.39 is 28.3 Å². The van der Waals surface area contributed by atoms with Crippen molar-refractivity contribution < 1.29 is 21.6 Å². The van der Waals surface area contributed by atoms with Crippen LogP contribution >= 0.6 is 39.0 Å². The predicted molar refractivity (Wildman–Crippen MR) is 129 cm³/mol. The van der Waals surface area contributed by atoms with E-state index in [0.717, 1.165) is 9.35 Å². The van der Waals surface area contributed by atoms with Gasteiger partial charge < -0.3 is 0 Å². The van der Waals surface area contributed by atoms with E-state index in [1.54, 1.807) is 19.1 Å². The van der Waals surface area contributed by atoms with Crippen LogP contribution in [-0.4, -0.2) is 29.9 Å². The van der Waals surface area contributed by atoms with Gasteiger partial charge in [-0.15, -0.1) is 23.1 Å². The first-order valence-corrected chi connectivity index (χ1v) is 14.0. The van der Waals surface area contributed by atoms with Gasteiger partial charge in [0.25, 0.3) is 10.0 Å². The predicted octanol–water partition coefficient (Wildman–Crippen LogP) is 6.13. The lowest BCUT2D eigenvalue weighted by atomic mass is 10.2. The molecule has 0 fully saturated rings. The summed E-state index contributed by atoms with van der Waals surface area (Å²) >= 11 is 6.03. The van der Waals surface area contributed by atoms with Crippen molar-refractivity contribution in [2.45, 2.75) is 54.8 Å². The molecule has 0 radical (unpaired) electrons.